The van der Waals surface area contributed by atoms with Gasteiger partial charge in [-0.15, -0.1) is 0 Å². The molecule has 0 bridgehead atoms. The van der Waals surface area contributed by atoms with E-state index in [0.717, 1.165) is 29.8 Å². The number of hydrogen-bond donors (Lipinski definition) is 0. The first-order valence-corrected chi connectivity index (χ1v) is 9.64. The number of fused-ring (bicyclic) bond motifs is 1. The average Bonchev–Trinajstić information content (AvgIpc) is 3.12. The summed E-state index contributed by atoms with van der Waals surface area (Å²) in [5.41, 5.74) is 2.35. The summed E-state index contributed by atoms with van der Waals surface area (Å²) in [6, 6.07) is 13.1. The van der Waals surface area contributed by atoms with E-state index in [2.05, 4.69) is 4.98 Å². The van der Waals surface area contributed by atoms with Crippen LogP contribution >= 0.6 is 23.2 Å². The number of piperidine rings is 1. The molecule has 1 aliphatic heterocycles. The first-order chi connectivity index (χ1) is 13.1. The van der Waals surface area contributed by atoms with Crippen LogP contribution in [0.1, 0.15) is 30.2 Å². The Hall–Kier alpha value is -2.30. The fraction of sp³-hybridized carbons (Fsp3) is 0.238. The molecule has 27 heavy (non-hydrogen) atoms. The van der Waals surface area contributed by atoms with Gasteiger partial charge in [0.05, 0.1) is 0 Å². The molecule has 2 aromatic carbocycles. The minimum absolute atomic E-state index is 0.0398. The van der Waals surface area contributed by atoms with Crippen molar-refractivity contribution in [3.63, 3.8) is 0 Å². The summed E-state index contributed by atoms with van der Waals surface area (Å²) in [4.78, 5) is 18.9. The van der Waals surface area contributed by atoms with Gasteiger partial charge in [-0.1, -0.05) is 41.4 Å². The lowest BCUT2D eigenvalue weighted by molar-refractivity contribution is -0.127. The van der Waals surface area contributed by atoms with Gasteiger partial charge >= 0.3 is 0 Å². The predicted octanol–water partition coefficient (Wildman–Crippen LogP) is 5.55. The Bertz CT molecular complexity index is 951. The number of carbonyl (C=O) groups is 1. The highest BCUT2D eigenvalue weighted by Crippen LogP contribution is 2.30. The lowest BCUT2D eigenvalue weighted by Crippen LogP contribution is -2.36. The van der Waals surface area contributed by atoms with Gasteiger partial charge in [-0.3, -0.25) is 4.79 Å². The minimum Gasteiger partial charge on any atom is -0.440 e. The zero-order valence-corrected chi connectivity index (χ0v) is 16.1. The zero-order valence-electron chi connectivity index (χ0n) is 14.6. The number of amides is 1. The molecule has 1 aromatic heterocycles. The zero-order chi connectivity index (χ0) is 18.8. The van der Waals surface area contributed by atoms with E-state index in [-0.39, 0.29) is 11.8 Å². The number of aromatic nitrogens is 1. The number of benzene rings is 2. The number of likely N-dealkylation sites (tertiary alicyclic amines) is 1. The molecule has 4 rings (SSSR count). The van der Waals surface area contributed by atoms with Gasteiger partial charge in [0.25, 0.3) is 0 Å². The number of nitrogens with zero attached hydrogens (tertiary/aromatic N) is 2. The van der Waals surface area contributed by atoms with E-state index in [1.54, 1.807) is 24.3 Å². The molecule has 0 radical (unpaired) electrons. The molecule has 3 aromatic rings. The fourth-order valence-corrected chi connectivity index (χ4v) is 3.86. The summed E-state index contributed by atoms with van der Waals surface area (Å²) in [6.07, 6.45) is 4.88. The van der Waals surface area contributed by atoms with Gasteiger partial charge in [-0.05, 0) is 43.2 Å². The second kappa shape index (κ2) is 7.75. The fourth-order valence-electron chi connectivity index (χ4n) is 3.34. The molecule has 0 spiro atoms. The maximum Gasteiger partial charge on any atom is 0.246 e. The molecule has 138 valence electrons. The summed E-state index contributed by atoms with van der Waals surface area (Å²) in [5, 5.41) is 1.06. The summed E-state index contributed by atoms with van der Waals surface area (Å²) in [6.45, 7) is 1.34. The van der Waals surface area contributed by atoms with Crippen LogP contribution < -0.4 is 0 Å². The van der Waals surface area contributed by atoms with Gasteiger partial charge in [0.15, 0.2) is 11.5 Å². The minimum atomic E-state index is -0.0398. The second-order valence-corrected chi connectivity index (χ2v) is 7.40. The SMILES string of the molecule is O=C(/C=C/c1c(Cl)cccc1Cl)N1CCC(c2nc3ccccc3o2)CC1. The molecule has 1 aliphatic rings. The van der Waals surface area contributed by atoms with Gasteiger partial charge in [-0.2, -0.15) is 0 Å². The summed E-state index contributed by atoms with van der Waals surface area (Å²) in [5.74, 6) is 0.965. The standard InChI is InChI=1S/C21H18Cl2N2O2/c22-16-4-3-5-17(23)15(16)8-9-20(26)25-12-10-14(11-13-25)21-24-18-6-1-2-7-19(18)27-21/h1-9,14H,10-13H2/b9-8+. The Morgan fingerprint density at radius 1 is 1.07 bits per heavy atom. The molecule has 0 atom stereocenters. The third kappa shape index (κ3) is 3.87. The van der Waals surface area contributed by atoms with Crippen molar-refractivity contribution in [2.75, 3.05) is 13.1 Å². The summed E-state index contributed by atoms with van der Waals surface area (Å²) < 4.78 is 5.88. The molecule has 0 saturated carbocycles. The first kappa shape index (κ1) is 18.1. The topological polar surface area (TPSA) is 46.3 Å². The van der Waals surface area contributed by atoms with Crippen LogP contribution in [0.3, 0.4) is 0 Å². The largest absolute Gasteiger partial charge is 0.440 e. The smallest absolute Gasteiger partial charge is 0.246 e. The van der Waals surface area contributed by atoms with Crippen LogP contribution in [0.25, 0.3) is 17.2 Å². The third-order valence-electron chi connectivity index (χ3n) is 4.86. The van der Waals surface area contributed by atoms with E-state index in [1.165, 1.54) is 6.08 Å². The van der Waals surface area contributed by atoms with E-state index in [4.69, 9.17) is 27.6 Å². The van der Waals surface area contributed by atoms with E-state index >= 15 is 0 Å². The third-order valence-corrected chi connectivity index (χ3v) is 5.52. The van der Waals surface area contributed by atoms with Crippen molar-refractivity contribution in [1.82, 2.24) is 9.88 Å². The number of carbonyl (C=O) groups excluding carboxylic acids is 1. The van der Waals surface area contributed by atoms with E-state index in [0.29, 0.717) is 28.7 Å². The van der Waals surface area contributed by atoms with Crippen molar-refractivity contribution in [1.29, 1.82) is 0 Å². The van der Waals surface area contributed by atoms with Crippen LogP contribution in [-0.2, 0) is 4.79 Å². The molecule has 4 nitrogen and oxygen atoms in total. The van der Waals surface area contributed by atoms with Gasteiger partial charge in [-0.25, -0.2) is 4.98 Å². The van der Waals surface area contributed by atoms with Gasteiger partial charge in [0.1, 0.15) is 5.52 Å². The van der Waals surface area contributed by atoms with E-state index < -0.39 is 0 Å². The molecule has 2 heterocycles. The van der Waals surface area contributed by atoms with Crippen LogP contribution in [0.4, 0.5) is 0 Å². The van der Waals surface area contributed by atoms with Crippen LogP contribution in [0, 0.1) is 0 Å². The maximum atomic E-state index is 12.5. The quantitative estimate of drug-likeness (QED) is 0.541. The highest BCUT2D eigenvalue weighted by molar-refractivity contribution is 6.37. The summed E-state index contributed by atoms with van der Waals surface area (Å²) in [7, 11) is 0. The lowest BCUT2D eigenvalue weighted by atomic mass is 9.96. The van der Waals surface area contributed by atoms with Gasteiger partial charge < -0.3 is 9.32 Å². The molecule has 1 saturated heterocycles. The number of para-hydroxylation sites is 2. The Labute approximate surface area is 167 Å². The number of oxazole rings is 1. The van der Waals surface area contributed by atoms with Crippen LogP contribution in [0.15, 0.2) is 53.0 Å². The number of halogens is 2. The highest BCUT2D eigenvalue weighted by Gasteiger charge is 2.26. The monoisotopic (exact) mass is 400 g/mol. The molecule has 0 N–H and O–H groups in total. The summed E-state index contributed by atoms with van der Waals surface area (Å²) >= 11 is 12.3. The number of hydrogen-bond acceptors (Lipinski definition) is 3. The van der Waals surface area contributed by atoms with Crippen molar-refractivity contribution in [2.24, 2.45) is 0 Å². The van der Waals surface area contributed by atoms with Crippen LogP contribution in [0.2, 0.25) is 10.0 Å². The molecule has 6 heteroatoms. The number of rotatable bonds is 3. The molecule has 1 amide bonds. The lowest BCUT2D eigenvalue weighted by Gasteiger charge is -2.29. The predicted molar refractivity (Wildman–Crippen MR) is 108 cm³/mol. The molecule has 0 aliphatic carbocycles. The molecule has 1 fully saturated rings. The van der Waals surface area contributed by atoms with Crippen molar-refractivity contribution in [3.8, 4) is 0 Å². The first-order valence-electron chi connectivity index (χ1n) is 8.88. The maximum absolute atomic E-state index is 12.5. The van der Waals surface area contributed by atoms with Crippen LogP contribution in [0.5, 0.6) is 0 Å². The van der Waals surface area contributed by atoms with Crippen molar-refractivity contribution in [2.45, 2.75) is 18.8 Å². The highest BCUT2D eigenvalue weighted by atomic mass is 35.5. The average molecular weight is 401 g/mol. The normalized spacial score (nSPS) is 15.7. The van der Waals surface area contributed by atoms with Gasteiger partial charge in [0, 0.05) is 40.7 Å². The van der Waals surface area contributed by atoms with E-state index in [9.17, 15) is 4.79 Å². The van der Waals surface area contributed by atoms with Crippen molar-refractivity contribution >= 4 is 46.3 Å². The van der Waals surface area contributed by atoms with Crippen molar-refractivity contribution < 1.29 is 9.21 Å². The van der Waals surface area contributed by atoms with Crippen molar-refractivity contribution in [3.05, 3.63) is 70.0 Å². The Balaban J connectivity index is 1.40. The Morgan fingerprint density at radius 3 is 2.48 bits per heavy atom. The Morgan fingerprint density at radius 2 is 1.78 bits per heavy atom. The molecular formula is C21H18Cl2N2O2. The second-order valence-electron chi connectivity index (χ2n) is 6.59. The van der Waals surface area contributed by atoms with E-state index in [1.807, 2.05) is 29.2 Å². The molecular weight excluding hydrogens is 383 g/mol. The van der Waals surface area contributed by atoms with Crippen LogP contribution in [-0.4, -0.2) is 28.9 Å². The molecule has 0 unspecified atom stereocenters. The van der Waals surface area contributed by atoms with Gasteiger partial charge in [0.2, 0.25) is 5.91 Å². The Kier molecular flexibility index (Phi) is 5.19.